The van der Waals surface area contributed by atoms with E-state index >= 15 is 0 Å². The standard InChI is InChI=1S/C21H32N2O3/c1-15(2)18-12-19(26-11-10-23-9-8-22-14-23)21(5,13-18)20(25)16(3)6-7-17(4)24/h8-9,14-15,18-19H,3,6-7,10-13H2,1-2,4-5H3/t18-,19+,21+/m0/s1. The van der Waals surface area contributed by atoms with Crippen molar-refractivity contribution in [3.8, 4) is 0 Å². The van der Waals surface area contributed by atoms with Crippen LogP contribution in [0.1, 0.15) is 53.4 Å². The molecule has 1 aliphatic carbocycles. The minimum absolute atomic E-state index is 0.0644. The van der Waals surface area contributed by atoms with Gasteiger partial charge < -0.3 is 14.1 Å². The van der Waals surface area contributed by atoms with Crippen LogP contribution in [0.2, 0.25) is 0 Å². The molecule has 1 aliphatic rings. The van der Waals surface area contributed by atoms with Crippen LogP contribution in [0.25, 0.3) is 0 Å². The van der Waals surface area contributed by atoms with Gasteiger partial charge in [-0.1, -0.05) is 20.4 Å². The fraction of sp³-hybridized carbons (Fsp3) is 0.667. The number of ether oxygens (including phenoxy) is 1. The smallest absolute Gasteiger partial charge is 0.166 e. The second-order valence-electron chi connectivity index (χ2n) is 8.16. The Morgan fingerprint density at radius 1 is 1.38 bits per heavy atom. The highest BCUT2D eigenvalue weighted by molar-refractivity contribution is 6.00. The molecule has 0 amide bonds. The van der Waals surface area contributed by atoms with E-state index in [-0.39, 0.29) is 17.7 Å². The molecule has 26 heavy (non-hydrogen) atoms. The molecule has 1 aromatic rings. The number of hydrogen-bond donors (Lipinski definition) is 0. The molecule has 5 nitrogen and oxygen atoms in total. The fourth-order valence-corrected chi connectivity index (χ4v) is 3.86. The van der Waals surface area contributed by atoms with E-state index in [0.29, 0.717) is 36.9 Å². The number of ketones is 2. The van der Waals surface area contributed by atoms with E-state index in [1.807, 2.05) is 17.7 Å². The van der Waals surface area contributed by atoms with Gasteiger partial charge in [0.2, 0.25) is 0 Å². The first-order chi connectivity index (χ1) is 12.2. The molecule has 0 saturated heterocycles. The van der Waals surface area contributed by atoms with E-state index in [4.69, 9.17) is 4.74 Å². The van der Waals surface area contributed by atoms with Gasteiger partial charge in [0.1, 0.15) is 5.78 Å². The summed E-state index contributed by atoms with van der Waals surface area (Å²) in [7, 11) is 0. The molecule has 0 spiro atoms. The highest BCUT2D eigenvalue weighted by atomic mass is 16.5. The largest absolute Gasteiger partial charge is 0.375 e. The van der Waals surface area contributed by atoms with E-state index in [0.717, 1.165) is 19.4 Å². The maximum Gasteiger partial charge on any atom is 0.166 e. The monoisotopic (exact) mass is 360 g/mol. The molecule has 3 atom stereocenters. The van der Waals surface area contributed by atoms with Gasteiger partial charge in [-0.25, -0.2) is 4.98 Å². The van der Waals surface area contributed by atoms with Crippen LogP contribution in [-0.4, -0.2) is 33.8 Å². The molecule has 144 valence electrons. The molecule has 2 rings (SSSR count). The maximum absolute atomic E-state index is 13.1. The van der Waals surface area contributed by atoms with Gasteiger partial charge in [-0.3, -0.25) is 4.79 Å². The highest BCUT2D eigenvalue weighted by Crippen LogP contribution is 2.48. The summed E-state index contributed by atoms with van der Waals surface area (Å²) in [6.45, 7) is 13.2. The highest BCUT2D eigenvalue weighted by Gasteiger charge is 2.50. The van der Waals surface area contributed by atoms with Crippen LogP contribution < -0.4 is 0 Å². The number of carbonyl (C=O) groups excluding carboxylic acids is 2. The van der Waals surface area contributed by atoms with Crippen molar-refractivity contribution in [1.29, 1.82) is 0 Å². The molecule has 1 saturated carbocycles. The second-order valence-corrected chi connectivity index (χ2v) is 8.16. The van der Waals surface area contributed by atoms with Crippen LogP contribution in [0.15, 0.2) is 30.9 Å². The first-order valence-corrected chi connectivity index (χ1v) is 9.53. The first-order valence-electron chi connectivity index (χ1n) is 9.53. The third-order valence-corrected chi connectivity index (χ3v) is 5.70. The van der Waals surface area contributed by atoms with Crippen molar-refractivity contribution in [2.75, 3.05) is 6.61 Å². The third kappa shape index (κ3) is 4.91. The summed E-state index contributed by atoms with van der Waals surface area (Å²) in [6.07, 6.45) is 7.84. The van der Waals surface area contributed by atoms with E-state index in [9.17, 15) is 9.59 Å². The average Bonchev–Trinajstić information content (AvgIpc) is 3.21. The average molecular weight is 360 g/mol. The molecule has 0 aliphatic heterocycles. The number of nitrogens with zero attached hydrogens (tertiary/aromatic N) is 2. The zero-order chi connectivity index (χ0) is 19.3. The lowest BCUT2D eigenvalue weighted by atomic mass is 9.76. The van der Waals surface area contributed by atoms with Gasteiger partial charge in [-0.15, -0.1) is 0 Å². The van der Waals surface area contributed by atoms with E-state index < -0.39 is 5.41 Å². The minimum Gasteiger partial charge on any atom is -0.375 e. The number of imidazole rings is 1. The van der Waals surface area contributed by atoms with Crippen molar-refractivity contribution in [3.63, 3.8) is 0 Å². The van der Waals surface area contributed by atoms with Gasteiger partial charge >= 0.3 is 0 Å². The topological polar surface area (TPSA) is 61.2 Å². The van der Waals surface area contributed by atoms with Gasteiger partial charge in [-0.2, -0.15) is 0 Å². The minimum atomic E-state index is -0.558. The molecule has 0 bridgehead atoms. The summed E-state index contributed by atoms with van der Waals surface area (Å²) >= 11 is 0. The van der Waals surface area contributed by atoms with Gasteiger partial charge in [0, 0.05) is 25.4 Å². The van der Waals surface area contributed by atoms with Crippen LogP contribution in [0.4, 0.5) is 0 Å². The van der Waals surface area contributed by atoms with Crippen molar-refractivity contribution in [2.45, 2.75) is 66.0 Å². The number of hydrogen-bond acceptors (Lipinski definition) is 4. The van der Waals surface area contributed by atoms with Crippen molar-refractivity contribution in [2.24, 2.45) is 17.3 Å². The fourth-order valence-electron chi connectivity index (χ4n) is 3.86. The lowest BCUT2D eigenvalue weighted by Crippen LogP contribution is -2.38. The molecule has 0 aromatic carbocycles. The Labute approximate surface area is 156 Å². The zero-order valence-corrected chi connectivity index (χ0v) is 16.5. The van der Waals surface area contributed by atoms with Crippen molar-refractivity contribution < 1.29 is 14.3 Å². The quantitative estimate of drug-likeness (QED) is 0.595. The third-order valence-electron chi connectivity index (χ3n) is 5.70. The van der Waals surface area contributed by atoms with Gasteiger partial charge in [0.05, 0.1) is 24.5 Å². The Morgan fingerprint density at radius 3 is 2.69 bits per heavy atom. The number of rotatable bonds is 10. The summed E-state index contributed by atoms with van der Waals surface area (Å²) in [5.41, 5.74) is -0.00657. The van der Waals surface area contributed by atoms with Crippen molar-refractivity contribution >= 4 is 11.6 Å². The zero-order valence-electron chi connectivity index (χ0n) is 16.5. The number of allylic oxidation sites excluding steroid dienone is 1. The van der Waals surface area contributed by atoms with Crippen molar-refractivity contribution in [3.05, 3.63) is 30.9 Å². The SMILES string of the molecule is C=C(CCC(C)=O)C(=O)[C@]1(C)C[C@@H](C(C)C)C[C@H]1OCCn1ccnc1. The molecule has 1 fully saturated rings. The Kier molecular flexibility index (Phi) is 6.93. The number of Topliss-reactive ketones (excluding diaryl/α,β-unsaturated/α-hetero) is 2. The number of aromatic nitrogens is 2. The van der Waals surface area contributed by atoms with Crippen LogP contribution >= 0.6 is 0 Å². The Balaban J connectivity index is 2.05. The van der Waals surface area contributed by atoms with Crippen LogP contribution in [-0.2, 0) is 20.9 Å². The van der Waals surface area contributed by atoms with Crippen molar-refractivity contribution in [1.82, 2.24) is 9.55 Å². The van der Waals surface area contributed by atoms with E-state index in [2.05, 4.69) is 25.4 Å². The first kappa shape index (κ1) is 20.6. The van der Waals surface area contributed by atoms with E-state index in [1.54, 1.807) is 19.4 Å². The summed E-state index contributed by atoms with van der Waals surface area (Å²) in [5.74, 6) is 1.12. The Morgan fingerprint density at radius 2 is 2.12 bits per heavy atom. The lowest BCUT2D eigenvalue weighted by molar-refractivity contribution is -0.131. The summed E-state index contributed by atoms with van der Waals surface area (Å²) in [4.78, 5) is 28.4. The van der Waals surface area contributed by atoms with Gasteiger partial charge in [0.25, 0.3) is 0 Å². The van der Waals surface area contributed by atoms with Crippen LogP contribution in [0.3, 0.4) is 0 Å². The summed E-state index contributed by atoms with van der Waals surface area (Å²) in [6, 6.07) is 0. The molecule has 5 heteroatoms. The predicted molar refractivity (Wildman–Crippen MR) is 102 cm³/mol. The molecule has 0 unspecified atom stereocenters. The van der Waals surface area contributed by atoms with Gasteiger partial charge in [0.15, 0.2) is 5.78 Å². The molecule has 0 radical (unpaired) electrons. The molecule has 1 aromatic heterocycles. The summed E-state index contributed by atoms with van der Waals surface area (Å²) < 4.78 is 8.16. The number of carbonyl (C=O) groups is 2. The maximum atomic E-state index is 13.1. The van der Waals surface area contributed by atoms with Crippen LogP contribution in [0.5, 0.6) is 0 Å². The predicted octanol–water partition coefficient (Wildman–Crippen LogP) is 3.84. The molecular weight excluding hydrogens is 328 g/mol. The molecular formula is C21H32N2O3. The molecule has 1 heterocycles. The Bertz CT molecular complexity index is 636. The lowest BCUT2D eigenvalue weighted by Gasteiger charge is -2.31. The molecule has 0 N–H and O–H groups in total. The summed E-state index contributed by atoms with van der Waals surface area (Å²) in [5, 5.41) is 0. The normalized spacial score (nSPS) is 25.6. The second kappa shape index (κ2) is 8.76. The van der Waals surface area contributed by atoms with E-state index in [1.165, 1.54) is 0 Å². The Hall–Kier alpha value is -1.75. The van der Waals surface area contributed by atoms with Crippen LogP contribution in [0, 0.1) is 17.3 Å². The van der Waals surface area contributed by atoms with Gasteiger partial charge in [-0.05, 0) is 50.5 Å².